The highest BCUT2D eigenvalue weighted by molar-refractivity contribution is 5.88. The highest BCUT2D eigenvalue weighted by Crippen LogP contribution is 2.48. The Labute approximate surface area is 202 Å². The number of ether oxygens (including phenoxy) is 1. The Bertz CT molecular complexity index is 1290. The third-order valence-electron chi connectivity index (χ3n) is 8.60. The molecule has 0 radical (unpaired) electrons. The molecule has 1 amide bonds. The Balaban J connectivity index is 1.11. The number of hydrogen-bond donors (Lipinski definition) is 0. The van der Waals surface area contributed by atoms with Crippen LogP contribution in [0.15, 0.2) is 42.6 Å². The molecule has 0 unspecified atom stereocenters. The summed E-state index contributed by atoms with van der Waals surface area (Å²) in [5.74, 6) is 0.394. The van der Waals surface area contributed by atoms with Gasteiger partial charge in [0.15, 0.2) is 5.60 Å². The first-order chi connectivity index (χ1) is 17.0. The number of hydrogen-bond acceptors (Lipinski definition) is 4. The lowest BCUT2D eigenvalue weighted by atomic mass is 9.80. The monoisotopic (exact) mass is 478 g/mol. The predicted octanol–water partition coefficient (Wildman–Crippen LogP) is 4.94. The zero-order valence-corrected chi connectivity index (χ0v) is 19.5. The standard InChI is InChI=1S/C27H28F2N4O2/c28-19-14-18(15-20(29)16-19)22-5-7-25-32(22)26(34)27(35-25)9-12-31(13-10-27)24-6-4-21(17-2-1-3-17)23-8-11-30-33(23)24/h4,6,8,11,14-17,22,25H,1-3,5,7,9-10,12-13H2/t22-,25+/m0/s1. The molecule has 35 heavy (non-hydrogen) atoms. The van der Waals surface area contributed by atoms with Crippen molar-refractivity contribution in [3.05, 3.63) is 65.4 Å². The maximum Gasteiger partial charge on any atom is 0.257 e. The van der Waals surface area contributed by atoms with E-state index in [1.165, 1.54) is 42.5 Å². The summed E-state index contributed by atoms with van der Waals surface area (Å²) in [6.07, 6.45) is 7.79. The van der Waals surface area contributed by atoms with Gasteiger partial charge in [-0.15, -0.1) is 0 Å². The van der Waals surface area contributed by atoms with E-state index in [0.717, 1.165) is 11.9 Å². The maximum absolute atomic E-state index is 13.9. The Hall–Kier alpha value is -3.00. The largest absolute Gasteiger partial charge is 0.356 e. The molecule has 182 valence electrons. The van der Waals surface area contributed by atoms with Gasteiger partial charge in [0.2, 0.25) is 0 Å². The van der Waals surface area contributed by atoms with E-state index in [9.17, 15) is 13.6 Å². The van der Waals surface area contributed by atoms with Gasteiger partial charge in [0, 0.05) is 32.0 Å². The van der Waals surface area contributed by atoms with Crippen LogP contribution in [0.3, 0.4) is 0 Å². The minimum absolute atomic E-state index is 0.0427. The lowest BCUT2D eigenvalue weighted by Crippen LogP contribution is -2.50. The van der Waals surface area contributed by atoms with Gasteiger partial charge in [-0.05, 0) is 67.0 Å². The van der Waals surface area contributed by atoms with Crippen molar-refractivity contribution >= 4 is 17.2 Å². The molecule has 5 heterocycles. The molecule has 4 fully saturated rings. The summed E-state index contributed by atoms with van der Waals surface area (Å²) in [5, 5.41) is 4.61. The summed E-state index contributed by atoms with van der Waals surface area (Å²) >= 11 is 0. The molecule has 1 saturated carbocycles. The van der Waals surface area contributed by atoms with Crippen molar-refractivity contribution in [3.63, 3.8) is 0 Å². The van der Waals surface area contributed by atoms with E-state index in [0.29, 0.717) is 50.3 Å². The second kappa shape index (κ2) is 7.75. The number of halogens is 2. The lowest BCUT2D eigenvalue weighted by molar-refractivity contribution is -0.140. The van der Waals surface area contributed by atoms with Crippen molar-refractivity contribution in [2.75, 3.05) is 18.0 Å². The average molecular weight is 479 g/mol. The van der Waals surface area contributed by atoms with Gasteiger partial charge >= 0.3 is 0 Å². The summed E-state index contributed by atoms with van der Waals surface area (Å²) < 4.78 is 36.2. The number of nitrogens with zero attached hydrogens (tertiary/aromatic N) is 4. The van der Waals surface area contributed by atoms with Crippen LogP contribution < -0.4 is 4.90 Å². The molecule has 2 atom stereocenters. The van der Waals surface area contributed by atoms with Crippen molar-refractivity contribution in [2.24, 2.45) is 0 Å². The number of benzene rings is 1. The SMILES string of the molecule is O=C1N2[C@@H](CC[C@H]2c2cc(F)cc(F)c2)OC12CCN(c1ccc(C3CCC3)c3ccnn13)CC2. The first-order valence-corrected chi connectivity index (χ1v) is 12.7. The minimum atomic E-state index is -0.860. The molecule has 1 aliphatic carbocycles. The fourth-order valence-corrected chi connectivity index (χ4v) is 6.57. The molecule has 1 aromatic carbocycles. The Morgan fingerprint density at radius 3 is 2.46 bits per heavy atom. The van der Waals surface area contributed by atoms with Crippen molar-refractivity contribution in [1.29, 1.82) is 0 Å². The summed E-state index contributed by atoms with van der Waals surface area (Å²) in [6, 6.07) is 9.68. The number of pyridine rings is 1. The fraction of sp³-hybridized carbons (Fsp3) is 0.481. The van der Waals surface area contributed by atoms with E-state index in [1.807, 2.05) is 10.7 Å². The molecular weight excluding hydrogens is 450 g/mol. The second-order valence-corrected chi connectivity index (χ2v) is 10.5. The molecule has 7 rings (SSSR count). The van der Waals surface area contributed by atoms with Gasteiger partial charge in [0.1, 0.15) is 23.7 Å². The number of fused-ring (bicyclic) bond motifs is 2. The Morgan fingerprint density at radius 2 is 1.74 bits per heavy atom. The number of rotatable bonds is 3. The molecule has 8 heteroatoms. The highest BCUT2D eigenvalue weighted by atomic mass is 19.1. The summed E-state index contributed by atoms with van der Waals surface area (Å²) in [6.45, 7) is 1.37. The molecule has 3 aliphatic heterocycles. The maximum atomic E-state index is 13.9. The van der Waals surface area contributed by atoms with Crippen molar-refractivity contribution in [1.82, 2.24) is 14.5 Å². The van der Waals surface area contributed by atoms with Crippen molar-refractivity contribution < 1.29 is 18.3 Å². The zero-order chi connectivity index (χ0) is 23.7. The summed E-state index contributed by atoms with van der Waals surface area (Å²) in [7, 11) is 0. The molecule has 4 aliphatic rings. The molecule has 6 nitrogen and oxygen atoms in total. The summed E-state index contributed by atoms with van der Waals surface area (Å²) in [4.78, 5) is 17.7. The van der Waals surface area contributed by atoms with E-state index in [-0.39, 0.29) is 18.2 Å². The van der Waals surface area contributed by atoms with Crippen LogP contribution in [0.1, 0.15) is 68.0 Å². The van der Waals surface area contributed by atoms with E-state index in [2.05, 4.69) is 28.2 Å². The smallest absolute Gasteiger partial charge is 0.257 e. The van der Waals surface area contributed by atoms with E-state index in [1.54, 1.807) is 4.90 Å². The van der Waals surface area contributed by atoms with Gasteiger partial charge in [-0.2, -0.15) is 5.10 Å². The Morgan fingerprint density at radius 1 is 0.971 bits per heavy atom. The number of aromatic nitrogens is 2. The van der Waals surface area contributed by atoms with Crippen LogP contribution in [0.5, 0.6) is 0 Å². The van der Waals surface area contributed by atoms with E-state index >= 15 is 0 Å². The van der Waals surface area contributed by atoms with Crippen LogP contribution >= 0.6 is 0 Å². The van der Waals surface area contributed by atoms with Crippen molar-refractivity contribution in [3.8, 4) is 0 Å². The molecular formula is C27H28F2N4O2. The third-order valence-corrected chi connectivity index (χ3v) is 8.60. The average Bonchev–Trinajstić information content (AvgIpc) is 3.50. The van der Waals surface area contributed by atoms with Gasteiger partial charge in [-0.25, -0.2) is 13.3 Å². The van der Waals surface area contributed by atoms with Crippen LogP contribution in [0.25, 0.3) is 5.52 Å². The number of anilines is 1. The minimum Gasteiger partial charge on any atom is -0.356 e. The van der Waals surface area contributed by atoms with Crippen LogP contribution in [0, 0.1) is 11.6 Å². The fourth-order valence-electron chi connectivity index (χ4n) is 6.57. The predicted molar refractivity (Wildman–Crippen MR) is 126 cm³/mol. The molecule has 3 aromatic rings. The number of carbonyl (C=O) groups is 1. The van der Waals surface area contributed by atoms with Gasteiger partial charge in [0.05, 0.1) is 17.8 Å². The first kappa shape index (κ1) is 21.3. The van der Waals surface area contributed by atoms with E-state index < -0.39 is 17.2 Å². The first-order valence-electron chi connectivity index (χ1n) is 12.7. The quantitative estimate of drug-likeness (QED) is 0.535. The van der Waals surface area contributed by atoms with Gasteiger partial charge < -0.3 is 14.5 Å². The van der Waals surface area contributed by atoms with Gasteiger partial charge in [0.25, 0.3) is 5.91 Å². The molecule has 1 spiro atoms. The third kappa shape index (κ3) is 3.22. The molecule has 0 bridgehead atoms. The molecule has 0 N–H and O–H groups in total. The number of carbonyl (C=O) groups excluding carboxylic acids is 1. The van der Waals surface area contributed by atoms with Crippen LogP contribution in [-0.2, 0) is 9.53 Å². The number of piperidine rings is 1. The topological polar surface area (TPSA) is 50.1 Å². The second-order valence-electron chi connectivity index (χ2n) is 10.5. The van der Waals surface area contributed by atoms with Gasteiger partial charge in [-0.3, -0.25) is 4.79 Å². The number of amides is 1. The molecule has 2 aromatic heterocycles. The summed E-state index contributed by atoms with van der Waals surface area (Å²) in [5.41, 5.74) is 2.19. The highest BCUT2D eigenvalue weighted by Gasteiger charge is 2.58. The van der Waals surface area contributed by atoms with Crippen LogP contribution in [0.2, 0.25) is 0 Å². The van der Waals surface area contributed by atoms with Crippen LogP contribution in [0.4, 0.5) is 14.6 Å². The lowest BCUT2D eigenvalue weighted by Gasteiger charge is -2.39. The zero-order valence-electron chi connectivity index (χ0n) is 19.5. The Kier molecular flexibility index (Phi) is 4.72. The molecule has 3 saturated heterocycles. The van der Waals surface area contributed by atoms with Crippen molar-refractivity contribution in [2.45, 2.75) is 68.7 Å². The van der Waals surface area contributed by atoms with E-state index in [4.69, 9.17) is 4.74 Å². The van der Waals surface area contributed by atoms with Crippen LogP contribution in [-0.4, -0.2) is 45.3 Å². The normalized spacial score (nSPS) is 26.1. The van der Waals surface area contributed by atoms with Gasteiger partial charge in [-0.1, -0.05) is 12.5 Å².